The summed E-state index contributed by atoms with van der Waals surface area (Å²) in [7, 11) is 0. The predicted octanol–water partition coefficient (Wildman–Crippen LogP) is 3.82. The molecule has 5 heterocycles. The minimum Gasteiger partial charge on any atom is -0.345 e. The van der Waals surface area contributed by atoms with Crippen molar-refractivity contribution < 1.29 is 9.32 Å². The second kappa shape index (κ2) is 7.64. The van der Waals surface area contributed by atoms with Gasteiger partial charge in [-0.1, -0.05) is 11.6 Å². The number of nitrogens with zero attached hydrogens (tertiary/aromatic N) is 5. The largest absolute Gasteiger partial charge is 0.345 e. The van der Waals surface area contributed by atoms with Gasteiger partial charge >= 0.3 is 0 Å². The molecule has 0 spiro atoms. The standard InChI is InChI=1S/C21H22N6O2S/c1-12-7-8-16(30-12)15-10-14(19-13(2)26-29-21(19)23-15)20(28)22-11-18-25-24-17-6-4-3-5-9-27(17)18/h7-8,10H,3-6,9,11H2,1-2H3,(H,22,28). The molecular weight excluding hydrogens is 400 g/mol. The van der Waals surface area contributed by atoms with Crippen LogP contribution in [-0.4, -0.2) is 30.8 Å². The van der Waals surface area contributed by atoms with Crippen LogP contribution in [0, 0.1) is 13.8 Å². The molecule has 8 nitrogen and oxygen atoms in total. The number of carbonyl (C=O) groups is 1. The van der Waals surface area contributed by atoms with E-state index in [4.69, 9.17) is 4.52 Å². The van der Waals surface area contributed by atoms with Crippen molar-refractivity contribution >= 4 is 28.3 Å². The van der Waals surface area contributed by atoms with Crippen LogP contribution >= 0.6 is 11.3 Å². The number of hydrogen-bond donors (Lipinski definition) is 1. The maximum atomic E-state index is 13.2. The molecule has 30 heavy (non-hydrogen) atoms. The number of rotatable bonds is 4. The summed E-state index contributed by atoms with van der Waals surface area (Å²) in [6.45, 7) is 5.09. The third-order valence-electron chi connectivity index (χ3n) is 5.45. The van der Waals surface area contributed by atoms with Crippen LogP contribution in [0.4, 0.5) is 0 Å². The Labute approximate surface area is 177 Å². The van der Waals surface area contributed by atoms with Gasteiger partial charge in [-0.05, 0) is 44.9 Å². The summed E-state index contributed by atoms with van der Waals surface area (Å²) in [6, 6.07) is 5.86. The van der Waals surface area contributed by atoms with E-state index < -0.39 is 0 Å². The van der Waals surface area contributed by atoms with Crippen molar-refractivity contribution in [3.8, 4) is 10.6 Å². The molecule has 5 rings (SSSR count). The first-order valence-electron chi connectivity index (χ1n) is 10.1. The molecule has 1 aliphatic rings. The summed E-state index contributed by atoms with van der Waals surface area (Å²) < 4.78 is 7.52. The lowest BCUT2D eigenvalue weighted by molar-refractivity contribution is 0.0951. The first kappa shape index (κ1) is 18.9. The molecule has 1 N–H and O–H groups in total. The number of carbonyl (C=O) groups excluding carboxylic acids is 1. The van der Waals surface area contributed by atoms with Crippen LogP contribution in [0.25, 0.3) is 21.7 Å². The smallest absolute Gasteiger partial charge is 0.259 e. The van der Waals surface area contributed by atoms with Crippen molar-refractivity contribution in [3.63, 3.8) is 0 Å². The molecule has 0 unspecified atom stereocenters. The lowest BCUT2D eigenvalue weighted by atomic mass is 10.1. The Morgan fingerprint density at radius 2 is 2.13 bits per heavy atom. The molecule has 1 amide bonds. The van der Waals surface area contributed by atoms with E-state index in [1.165, 1.54) is 11.3 Å². The Bertz CT molecular complexity index is 1240. The van der Waals surface area contributed by atoms with E-state index in [2.05, 4.69) is 30.2 Å². The molecule has 154 valence electrons. The van der Waals surface area contributed by atoms with Crippen LogP contribution in [0.2, 0.25) is 0 Å². The number of thiophene rings is 1. The zero-order valence-electron chi connectivity index (χ0n) is 16.9. The number of aryl methyl sites for hydroxylation is 3. The number of pyridine rings is 1. The quantitative estimate of drug-likeness (QED) is 0.537. The highest BCUT2D eigenvalue weighted by molar-refractivity contribution is 7.15. The molecule has 0 aromatic carbocycles. The van der Waals surface area contributed by atoms with Crippen LogP contribution < -0.4 is 5.32 Å². The minimum atomic E-state index is -0.200. The van der Waals surface area contributed by atoms with Crippen molar-refractivity contribution in [2.45, 2.75) is 52.6 Å². The molecule has 4 aromatic heterocycles. The molecule has 0 atom stereocenters. The lowest BCUT2D eigenvalue weighted by Gasteiger charge is -2.09. The van der Waals surface area contributed by atoms with E-state index in [0.717, 1.165) is 42.3 Å². The normalized spacial score (nSPS) is 13.9. The maximum absolute atomic E-state index is 13.2. The molecule has 0 aliphatic carbocycles. The Morgan fingerprint density at radius 3 is 2.97 bits per heavy atom. The number of hydrogen-bond acceptors (Lipinski definition) is 7. The first-order valence-corrected chi connectivity index (χ1v) is 10.9. The summed E-state index contributed by atoms with van der Waals surface area (Å²) in [5.41, 5.74) is 2.24. The van der Waals surface area contributed by atoms with Gasteiger partial charge in [0.1, 0.15) is 5.82 Å². The van der Waals surface area contributed by atoms with E-state index in [9.17, 15) is 4.79 Å². The zero-order valence-corrected chi connectivity index (χ0v) is 17.8. The van der Waals surface area contributed by atoms with Crippen molar-refractivity contribution in [2.75, 3.05) is 0 Å². The van der Waals surface area contributed by atoms with Crippen molar-refractivity contribution in [3.05, 3.63) is 46.0 Å². The Hall–Kier alpha value is -3.07. The summed E-state index contributed by atoms with van der Waals surface area (Å²) in [6.07, 6.45) is 4.38. The van der Waals surface area contributed by atoms with Gasteiger partial charge in [0.2, 0.25) is 0 Å². The highest BCUT2D eigenvalue weighted by Gasteiger charge is 2.21. The van der Waals surface area contributed by atoms with E-state index in [0.29, 0.717) is 34.6 Å². The second-order valence-electron chi connectivity index (χ2n) is 7.59. The van der Waals surface area contributed by atoms with Gasteiger partial charge in [0.15, 0.2) is 5.82 Å². The van der Waals surface area contributed by atoms with Gasteiger partial charge in [0.05, 0.1) is 33.8 Å². The second-order valence-corrected chi connectivity index (χ2v) is 8.88. The summed E-state index contributed by atoms with van der Waals surface area (Å²) in [4.78, 5) is 19.9. The van der Waals surface area contributed by atoms with Crippen LogP contribution in [0.5, 0.6) is 0 Å². The highest BCUT2D eigenvalue weighted by atomic mass is 32.1. The molecule has 0 saturated carbocycles. The number of aromatic nitrogens is 5. The third kappa shape index (κ3) is 3.39. The molecular formula is C21H22N6O2S. The van der Waals surface area contributed by atoms with E-state index in [1.54, 1.807) is 11.3 Å². The molecule has 1 aliphatic heterocycles. The van der Waals surface area contributed by atoms with Crippen molar-refractivity contribution in [1.29, 1.82) is 0 Å². The fourth-order valence-electron chi connectivity index (χ4n) is 3.90. The molecule has 4 aromatic rings. The summed E-state index contributed by atoms with van der Waals surface area (Å²) in [5.74, 6) is 1.60. The fraction of sp³-hybridized carbons (Fsp3) is 0.381. The van der Waals surface area contributed by atoms with E-state index in [-0.39, 0.29) is 5.91 Å². The molecule has 0 saturated heterocycles. The minimum absolute atomic E-state index is 0.200. The average molecular weight is 423 g/mol. The van der Waals surface area contributed by atoms with Gasteiger partial charge in [-0.3, -0.25) is 4.79 Å². The Morgan fingerprint density at radius 1 is 1.23 bits per heavy atom. The number of nitrogens with one attached hydrogen (secondary N) is 1. The topological polar surface area (TPSA) is 98.7 Å². The Balaban J connectivity index is 1.46. The maximum Gasteiger partial charge on any atom is 0.259 e. The van der Waals surface area contributed by atoms with Gasteiger partial charge in [-0.2, -0.15) is 0 Å². The molecule has 0 fully saturated rings. The molecule has 0 radical (unpaired) electrons. The summed E-state index contributed by atoms with van der Waals surface area (Å²) in [5, 5.41) is 16.3. The summed E-state index contributed by atoms with van der Waals surface area (Å²) >= 11 is 1.63. The van der Waals surface area contributed by atoms with Crippen molar-refractivity contribution in [1.82, 2.24) is 30.2 Å². The van der Waals surface area contributed by atoms with E-state index >= 15 is 0 Å². The SMILES string of the molecule is Cc1ccc(-c2cc(C(=O)NCc3nnc4n3CCCCC4)c3c(C)noc3n2)s1. The van der Waals surface area contributed by atoms with Gasteiger partial charge in [-0.25, -0.2) is 4.98 Å². The van der Waals surface area contributed by atoms with E-state index in [1.807, 2.05) is 32.0 Å². The zero-order chi connectivity index (χ0) is 20.7. The first-order chi connectivity index (χ1) is 14.6. The predicted molar refractivity (Wildman–Crippen MR) is 113 cm³/mol. The van der Waals surface area contributed by atoms with Gasteiger partial charge < -0.3 is 14.4 Å². The number of fused-ring (bicyclic) bond motifs is 2. The Kier molecular flexibility index (Phi) is 4.82. The van der Waals surface area contributed by atoms with Crippen LogP contribution in [0.3, 0.4) is 0 Å². The van der Waals surface area contributed by atoms with Crippen LogP contribution in [-0.2, 0) is 19.5 Å². The van der Waals surface area contributed by atoms with Gasteiger partial charge in [0.25, 0.3) is 11.6 Å². The average Bonchev–Trinajstić information content (AvgIpc) is 3.40. The van der Waals surface area contributed by atoms with Gasteiger partial charge in [0, 0.05) is 17.8 Å². The molecule has 9 heteroatoms. The highest BCUT2D eigenvalue weighted by Crippen LogP contribution is 2.31. The van der Waals surface area contributed by atoms with Crippen molar-refractivity contribution in [2.24, 2.45) is 0 Å². The molecule has 0 bridgehead atoms. The van der Waals surface area contributed by atoms with Crippen LogP contribution in [0.1, 0.15) is 51.8 Å². The fourth-order valence-corrected chi connectivity index (χ4v) is 4.73. The van der Waals surface area contributed by atoms with Crippen LogP contribution in [0.15, 0.2) is 22.7 Å². The monoisotopic (exact) mass is 422 g/mol. The lowest BCUT2D eigenvalue weighted by Crippen LogP contribution is -2.25. The van der Waals surface area contributed by atoms with Gasteiger partial charge in [-0.15, -0.1) is 21.5 Å². The number of amides is 1. The third-order valence-corrected chi connectivity index (χ3v) is 6.47.